The number of thiazole rings is 1. The van der Waals surface area contributed by atoms with Gasteiger partial charge >= 0.3 is 0 Å². The number of benzene rings is 2. The Kier molecular flexibility index (Phi) is 15.6. The number of amides is 5. The lowest BCUT2D eigenvalue weighted by Crippen LogP contribution is -2.59. The number of fused-ring (bicyclic) bond motifs is 3. The van der Waals surface area contributed by atoms with Crippen LogP contribution in [0.15, 0.2) is 59.0 Å². The second-order valence-corrected chi connectivity index (χ2v) is 23.7. The van der Waals surface area contributed by atoms with Crippen LogP contribution in [0, 0.1) is 39.0 Å². The van der Waals surface area contributed by atoms with Crippen molar-refractivity contribution in [1.82, 2.24) is 50.0 Å². The Labute approximate surface area is 445 Å². The van der Waals surface area contributed by atoms with Gasteiger partial charge in [0.2, 0.25) is 29.5 Å². The molecule has 3 fully saturated rings. The number of nitrogens with zero attached hydrogens (tertiary/aromatic N) is 9. The van der Waals surface area contributed by atoms with E-state index in [0.29, 0.717) is 63.0 Å². The molecule has 0 saturated carbocycles. The summed E-state index contributed by atoms with van der Waals surface area (Å²) in [5.74, 6) is -0.00596. The summed E-state index contributed by atoms with van der Waals surface area (Å²) in [5, 5.41) is 27.4. The Morgan fingerprint density at radius 2 is 1.53 bits per heavy atom. The van der Waals surface area contributed by atoms with E-state index in [-0.39, 0.29) is 61.5 Å². The van der Waals surface area contributed by atoms with E-state index in [4.69, 9.17) is 16.6 Å². The number of hydrogen-bond acceptors (Lipinski definition) is 13. The number of aliphatic imine (C=N–C) groups is 1. The van der Waals surface area contributed by atoms with E-state index < -0.39 is 35.6 Å². The normalized spacial score (nSPS) is 20.3. The fourth-order valence-electron chi connectivity index (χ4n) is 10.6. The van der Waals surface area contributed by atoms with E-state index >= 15 is 0 Å². The van der Waals surface area contributed by atoms with E-state index in [1.165, 1.54) is 4.90 Å². The van der Waals surface area contributed by atoms with Gasteiger partial charge in [-0.15, -0.1) is 32.9 Å². The van der Waals surface area contributed by atoms with Crippen LogP contribution < -0.4 is 10.6 Å². The quantitative estimate of drug-likeness (QED) is 0.126. The molecule has 0 radical (unpaired) electrons. The number of piperazine rings is 1. The third-order valence-corrected chi connectivity index (χ3v) is 17.5. The molecule has 17 nitrogen and oxygen atoms in total. The van der Waals surface area contributed by atoms with E-state index in [0.717, 1.165) is 59.8 Å². The highest BCUT2D eigenvalue weighted by molar-refractivity contribution is 7.15. The summed E-state index contributed by atoms with van der Waals surface area (Å²) in [6, 6.07) is 12.7. The number of hydrogen-bond donors (Lipinski definition) is 3. The summed E-state index contributed by atoms with van der Waals surface area (Å²) in [7, 11) is 0. The minimum Gasteiger partial charge on any atom is -0.391 e. The number of aliphatic hydroxyl groups excluding tert-OH is 1. The molecule has 5 atom stereocenters. The Hall–Kier alpha value is -5.86. The Bertz CT molecular complexity index is 2950. The lowest BCUT2D eigenvalue weighted by Gasteiger charge is -2.39. The SMILES string of the molecule is Cc1ncsc1-c1ccc([C@H](C)NC(=O)[C@@H]2C[C@@H](O)CN2C(=O)C(NC(=O)CN2CCC(C(=O)N3CCN(C(=O)C[C@@H]4N=C(c5ccc(Cl)cc5)c5c(sc(C)c5C)-n5c(C)nnc54)CC3)CC2)C(C)(C)C)cc1. The minimum absolute atomic E-state index is 0.0212. The molecule has 3 N–H and O–H groups in total. The van der Waals surface area contributed by atoms with E-state index in [2.05, 4.69) is 39.7 Å². The molecule has 3 saturated heterocycles. The number of likely N-dealkylation sites (tertiary alicyclic amines) is 2. The largest absolute Gasteiger partial charge is 0.391 e. The predicted octanol–water partition coefficient (Wildman–Crippen LogP) is 6.37. The van der Waals surface area contributed by atoms with Crippen LogP contribution in [-0.2, 0) is 24.0 Å². The van der Waals surface area contributed by atoms with Crippen LogP contribution in [0.1, 0.15) is 110 Å². The molecule has 0 aliphatic carbocycles. The average molecular weight is 1060 g/mol. The number of carbonyl (C=O) groups excluding carboxylic acids is 5. The molecule has 3 aromatic heterocycles. The standard InChI is InChI=1S/C54H66ClN11O6S2/c1-30-33(4)74-53-45(30)46(36-13-15-39(55)16-14-36)58-41(49-61-60-34(5)66(49)53)26-44(69)63-21-23-64(24-22-63)51(71)38-17-19-62(20-18-38)28-43(68)59-48(54(6,7)8)52(72)65-27-40(67)25-42(65)50(70)57-31(2)35-9-11-37(12-10-35)47-32(3)56-29-73-47/h9-16,29,31,38,40-42,48,67H,17-28H2,1-8H3,(H,57,70)(H,59,68)/t31-,40+,41-,42-,48?/m0/s1. The zero-order valence-electron chi connectivity index (χ0n) is 43.4. The second-order valence-electron chi connectivity index (χ2n) is 21.2. The molecule has 7 heterocycles. The van der Waals surface area contributed by atoms with Gasteiger partial charge in [0.25, 0.3) is 0 Å². The Balaban J connectivity index is 0.760. The number of piperidine rings is 1. The van der Waals surface area contributed by atoms with Crippen molar-refractivity contribution in [2.24, 2.45) is 16.3 Å². The summed E-state index contributed by atoms with van der Waals surface area (Å²) in [6.07, 6.45) is 0.440. The number of halogens is 1. The summed E-state index contributed by atoms with van der Waals surface area (Å²) >= 11 is 9.53. The smallest absolute Gasteiger partial charge is 0.246 e. The highest BCUT2D eigenvalue weighted by Crippen LogP contribution is 2.40. The highest BCUT2D eigenvalue weighted by atomic mass is 35.5. The molecule has 74 heavy (non-hydrogen) atoms. The van der Waals surface area contributed by atoms with Crippen LogP contribution in [0.3, 0.4) is 0 Å². The lowest BCUT2D eigenvalue weighted by atomic mass is 9.85. The van der Waals surface area contributed by atoms with Gasteiger partial charge in [0.05, 0.1) is 46.9 Å². The van der Waals surface area contributed by atoms with Gasteiger partial charge in [-0.3, -0.25) is 38.4 Å². The molecule has 4 aliphatic rings. The van der Waals surface area contributed by atoms with Crippen molar-refractivity contribution in [2.45, 2.75) is 111 Å². The van der Waals surface area contributed by atoms with Crippen molar-refractivity contribution in [2.75, 3.05) is 52.4 Å². The van der Waals surface area contributed by atoms with Crippen molar-refractivity contribution in [1.29, 1.82) is 0 Å². The van der Waals surface area contributed by atoms with Gasteiger partial charge in [-0.05, 0) is 94.8 Å². The zero-order valence-corrected chi connectivity index (χ0v) is 45.7. The maximum absolute atomic E-state index is 14.3. The van der Waals surface area contributed by atoms with Gasteiger partial charge in [0.15, 0.2) is 5.82 Å². The summed E-state index contributed by atoms with van der Waals surface area (Å²) in [6.45, 7) is 18.3. The third kappa shape index (κ3) is 11.1. The first-order chi connectivity index (χ1) is 35.2. The molecule has 0 bridgehead atoms. The number of aromatic nitrogens is 4. The molecule has 4 aliphatic heterocycles. The number of nitrogens with one attached hydrogen (secondary N) is 2. The molecule has 9 rings (SSSR count). The summed E-state index contributed by atoms with van der Waals surface area (Å²) in [4.78, 5) is 88.8. The average Bonchev–Trinajstić information content (AvgIpc) is 4.15. The number of thiophene rings is 1. The van der Waals surface area contributed by atoms with Crippen molar-refractivity contribution >= 4 is 69.5 Å². The highest BCUT2D eigenvalue weighted by Gasteiger charge is 2.45. The minimum atomic E-state index is -0.959. The predicted molar refractivity (Wildman–Crippen MR) is 287 cm³/mol. The van der Waals surface area contributed by atoms with Crippen molar-refractivity contribution in [3.63, 3.8) is 0 Å². The lowest BCUT2D eigenvalue weighted by molar-refractivity contribution is -0.144. The van der Waals surface area contributed by atoms with Crippen LogP contribution in [0.5, 0.6) is 0 Å². The number of rotatable bonds is 12. The fourth-order valence-corrected chi connectivity index (χ4v) is 12.8. The van der Waals surface area contributed by atoms with Gasteiger partial charge in [-0.1, -0.05) is 68.8 Å². The molecular formula is C54H66ClN11O6S2. The van der Waals surface area contributed by atoms with Gasteiger partial charge in [0.1, 0.15) is 29.0 Å². The number of aryl methyl sites for hydroxylation is 3. The van der Waals surface area contributed by atoms with Crippen molar-refractivity contribution < 1.29 is 29.1 Å². The fraction of sp³-hybridized carbons (Fsp3) is 0.500. The maximum Gasteiger partial charge on any atom is 0.246 e. The topological polar surface area (TPSA) is 199 Å². The number of carbonyl (C=O) groups is 5. The Morgan fingerprint density at radius 3 is 2.18 bits per heavy atom. The van der Waals surface area contributed by atoms with Gasteiger partial charge < -0.3 is 30.4 Å². The molecule has 392 valence electrons. The van der Waals surface area contributed by atoms with E-state index in [1.54, 1.807) is 22.7 Å². The van der Waals surface area contributed by atoms with E-state index in [9.17, 15) is 29.1 Å². The molecular weight excluding hydrogens is 998 g/mol. The molecule has 5 aromatic rings. The first-order valence-electron chi connectivity index (χ1n) is 25.5. The van der Waals surface area contributed by atoms with Crippen LogP contribution >= 0.6 is 34.3 Å². The first kappa shape index (κ1) is 53.0. The molecule has 0 spiro atoms. The van der Waals surface area contributed by atoms with Crippen LogP contribution in [-0.4, -0.2) is 150 Å². The Morgan fingerprint density at radius 1 is 0.865 bits per heavy atom. The van der Waals surface area contributed by atoms with Crippen molar-refractivity contribution in [3.05, 3.63) is 104 Å². The zero-order chi connectivity index (χ0) is 52.7. The third-order valence-electron chi connectivity index (χ3n) is 15.0. The van der Waals surface area contributed by atoms with Crippen molar-refractivity contribution in [3.8, 4) is 15.4 Å². The molecule has 1 unspecified atom stereocenters. The second kappa shape index (κ2) is 21.8. The monoisotopic (exact) mass is 1060 g/mol. The van der Waals surface area contributed by atoms with Gasteiger partial charge in [-0.25, -0.2) is 4.98 Å². The number of aliphatic hydroxyl groups is 1. The molecule has 5 amide bonds. The first-order valence-corrected chi connectivity index (χ1v) is 27.6. The van der Waals surface area contributed by atoms with Gasteiger partial charge in [-0.2, -0.15) is 0 Å². The van der Waals surface area contributed by atoms with Gasteiger partial charge in [0, 0.05) is 66.1 Å². The van der Waals surface area contributed by atoms with Crippen LogP contribution in [0.25, 0.3) is 15.4 Å². The van der Waals surface area contributed by atoms with Crippen LogP contribution in [0.4, 0.5) is 0 Å². The molecule has 20 heteroatoms. The summed E-state index contributed by atoms with van der Waals surface area (Å²) < 4.78 is 2.04. The number of β-amino-alcohol motifs (C(OH)–C–C–N with tert-alkyl or cyclic N) is 1. The van der Waals surface area contributed by atoms with Crippen LogP contribution in [0.2, 0.25) is 5.02 Å². The van der Waals surface area contributed by atoms with E-state index in [1.807, 2.05) is 115 Å². The molecule has 2 aromatic carbocycles. The summed E-state index contributed by atoms with van der Waals surface area (Å²) in [5.41, 5.74) is 7.81. The maximum atomic E-state index is 14.3.